The normalized spacial score (nSPS) is 15.6. The molecule has 0 saturated carbocycles. The van der Waals surface area contributed by atoms with Crippen LogP contribution in [-0.2, 0) is 9.59 Å². The lowest BCUT2D eigenvalue weighted by Gasteiger charge is -2.19. The monoisotopic (exact) mass is 432 g/mol. The molecule has 0 radical (unpaired) electrons. The Kier molecular flexibility index (Phi) is 6.17. The number of benzene rings is 2. The number of nitrogens with one attached hydrogen (secondary N) is 2. The molecule has 0 spiro atoms. The molecule has 1 atom stereocenters. The van der Waals surface area contributed by atoms with Crippen molar-refractivity contribution in [1.29, 1.82) is 0 Å². The Labute approximate surface area is 175 Å². The van der Waals surface area contributed by atoms with Crippen molar-refractivity contribution in [3.05, 3.63) is 63.2 Å². The predicted molar refractivity (Wildman–Crippen MR) is 107 cm³/mol. The largest absolute Gasteiger partial charge is 0.494 e. The van der Waals surface area contributed by atoms with Crippen LogP contribution in [0.2, 0.25) is 5.02 Å². The summed E-state index contributed by atoms with van der Waals surface area (Å²) in [5, 5.41) is 11.4. The first-order chi connectivity index (χ1) is 14.3. The van der Waals surface area contributed by atoms with Crippen LogP contribution in [0.15, 0.2) is 42.5 Å². The summed E-state index contributed by atoms with van der Waals surface area (Å²) in [7, 11) is 1.33. The van der Waals surface area contributed by atoms with Gasteiger partial charge in [0.2, 0.25) is 11.8 Å². The zero-order valence-corrected chi connectivity index (χ0v) is 16.5. The molecule has 0 unspecified atom stereocenters. The average molecular weight is 433 g/mol. The van der Waals surface area contributed by atoms with Crippen molar-refractivity contribution < 1.29 is 24.0 Å². The number of nitrogens with zero attached hydrogens (tertiary/aromatic N) is 2. The van der Waals surface area contributed by atoms with Gasteiger partial charge in [0.25, 0.3) is 11.6 Å². The highest BCUT2D eigenvalue weighted by Crippen LogP contribution is 2.35. The lowest BCUT2D eigenvalue weighted by atomic mass is 10.1. The molecule has 1 aliphatic heterocycles. The average Bonchev–Trinajstić information content (AvgIpc) is 3.13. The first-order valence-electron chi connectivity index (χ1n) is 8.78. The number of amides is 3. The fraction of sp³-hybridized carbons (Fsp3) is 0.211. The number of rotatable bonds is 5. The van der Waals surface area contributed by atoms with E-state index in [4.69, 9.17) is 16.3 Å². The molecule has 1 heterocycles. The van der Waals surface area contributed by atoms with Crippen LogP contribution in [0.4, 0.5) is 11.4 Å². The van der Waals surface area contributed by atoms with Crippen LogP contribution in [0.5, 0.6) is 5.75 Å². The van der Waals surface area contributed by atoms with E-state index in [-0.39, 0.29) is 30.3 Å². The zero-order valence-electron chi connectivity index (χ0n) is 15.8. The Morgan fingerprint density at radius 1 is 1.20 bits per heavy atom. The highest BCUT2D eigenvalue weighted by molar-refractivity contribution is 6.30. The van der Waals surface area contributed by atoms with E-state index in [2.05, 4.69) is 10.9 Å². The van der Waals surface area contributed by atoms with Gasteiger partial charge in [-0.2, -0.15) is 0 Å². The summed E-state index contributed by atoms with van der Waals surface area (Å²) in [6.07, 6.45) is -0.0806. The molecule has 1 saturated heterocycles. The Morgan fingerprint density at radius 2 is 1.90 bits per heavy atom. The van der Waals surface area contributed by atoms with Crippen molar-refractivity contribution in [3.8, 4) is 5.75 Å². The number of methoxy groups -OCH3 is 1. The van der Waals surface area contributed by atoms with Gasteiger partial charge in [-0.1, -0.05) is 11.6 Å². The molecule has 10 nitrogen and oxygen atoms in total. The smallest absolute Gasteiger partial charge is 0.273 e. The SMILES string of the molecule is COc1cc([N+](=O)[O-])ccc1N1C[C@H](C(=O)NNC(=O)c2ccc(Cl)cc2)CC1=O. The van der Waals surface area contributed by atoms with E-state index in [1.807, 2.05) is 0 Å². The van der Waals surface area contributed by atoms with E-state index in [1.54, 1.807) is 12.1 Å². The first-order valence-corrected chi connectivity index (χ1v) is 9.16. The summed E-state index contributed by atoms with van der Waals surface area (Å²) >= 11 is 5.77. The Balaban J connectivity index is 1.65. The number of nitro groups is 1. The van der Waals surface area contributed by atoms with Gasteiger partial charge in [0, 0.05) is 29.6 Å². The van der Waals surface area contributed by atoms with Crippen LogP contribution in [0, 0.1) is 16.0 Å². The lowest BCUT2D eigenvalue weighted by molar-refractivity contribution is -0.384. The van der Waals surface area contributed by atoms with Gasteiger partial charge in [0.05, 0.1) is 29.7 Å². The van der Waals surface area contributed by atoms with E-state index in [0.29, 0.717) is 16.3 Å². The highest BCUT2D eigenvalue weighted by Gasteiger charge is 2.36. The summed E-state index contributed by atoms with van der Waals surface area (Å²) in [6.45, 7) is 0.0374. The maximum Gasteiger partial charge on any atom is 0.273 e. The van der Waals surface area contributed by atoms with Crippen LogP contribution in [0.25, 0.3) is 0 Å². The second-order valence-electron chi connectivity index (χ2n) is 6.47. The Morgan fingerprint density at radius 3 is 2.53 bits per heavy atom. The van der Waals surface area contributed by atoms with Crippen molar-refractivity contribution in [2.75, 3.05) is 18.6 Å². The molecule has 0 aromatic heterocycles. The lowest BCUT2D eigenvalue weighted by Crippen LogP contribution is -2.45. The molecule has 0 aliphatic carbocycles. The van der Waals surface area contributed by atoms with Crippen molar-refractivity contribution >= 4 is 40.7 Å². The standard InChI is InChI=1S/C19H17ClN4O6/c1-30-16-9-14(24(28)29)6-7-15(16)23-10-12(8-17(23)25)19(27)22-21-18(26)11-2-4-13(20)5-3-11/h2-7,9,12H,8,10H2,1H3,(H,21,26)(H,22,27)/t12-/m1/s1. The van der Waals surface area contributed by atoms with Crippen molar-refractivity contribution in [3.63, 3.8) is 0 Å². The van der Waals surface area contributed by atoms with E-state index >= 15 is 0 Å². The van der Waals surface area contributed by atoms with Gasteiger partial charge in [-0.05, 0) is 30.3 Å². The molecule has 2 aromatic rings. The molecular formula is C19H17ClN4O6. The molecule has 1 fully saturated rings. The third kappa shape index (κ3) is 4.49. The van der Waals surface area contributed by atoms with Crippen LogP contribution in [-0.4, -0.2) is 36.3 Å². The Hall–Kier alpha value is -3.66. The summed E-state index contributed by atoms with van der Waals surface area (Å²) in [5.41, 5.74) is 5.06. The maximum atomic E-state index is 12.4. The molecule has 3 amide bonds. The van der Waals surface area contributed by atoms with E-state index < -0.39 is 22.7 Å². The fourth-order valence-corrected chi connectivity index (χ4v) is 3.14. The van der Waals surface area contributed by atoms with Crippen LogP contribution < -0.4 is 20.5 Å². The van der Waals surface area contributed by atoms with Gasteiger partial charge >= 0.3 is 0 Å². The minimum Gasteiger partial charge on any atom is -0.494 e. The minimum absolute atomic E-state index is 0.0374. The second kappa shape index (κ2) is 8.78. The van der Waals surface area contributed by atoms with E-state index in [1.165, 1.54) is 42.3 Å². The van der Waals surface area contributed by atoms with Gasteiger partial charge in [0.1, 0.15) is 5.75 Å². The van der Waals surface area contributed by atoms with Gasteiger partial charge in [-0.3, -0.25) is 35.3 Å². The summed E-state index contributed by atoms with van der Waals surface area (Å²) in [6, 6.07) is 9.97. The molecule has 156 valence electrons. The molecule has 0 bridgehead atoms. The molecule has 30 heavy (non-hydrogen) atoms. The summed E-state index contributed by atoms with van der Waals surface area (Å²) in [4.78, 5) is 48.6. The number of halogens is 1. The Bertz CT molecular complexity index is 1010. The number of nitro benzene ring substituents is 1. The number of hydrazine groups is 1. The van der Waals surface area contributed by atoms with Gasteiger partial charge in [0.15, 0.2) is 0 Å². The topological polar surface area (TPSA) is 131 Å². The maximum absolute atomic E-state index is 12.4. The molecule has 11 heteroatoms. The number of anilines is 1. The van der Waals surface area contributed by atoms with Gasteiger partial charge in [-0.15, -0.1) is 0 Å². The summed E-state index contributed by atoms with van der Waals surface area (Å²) in [5.74, 6) is -1.98. The van der Waals surface area contributed by atoms with Gasteiger partial charge in [-0.25, -0.2) is 0 Å². The van der Waals surface area contributed by atoms with Crippen molar-refractivity contribution in [1.82, 2.24) is 10.9 Å². The third-order valence-electron chi connectivity index (χ3n) is 4.57. The predicted octanol–water partition coefficient (Wildman–Crippen LogP) is 2.07. The number of non-ortho nitro benzene ring substituents is 1. The number of hydrogen-bond donors (Lipinski definition) is 2. The molecule has 3 rings (SSSR count). The third-order valence-corrected chi connectivity index (χ3v) is 4.82. The zero-order chi connectivity index (χ0) is 21.8. The van der Waals surface area contributed by atoms with Crippen LogP contribution >= 0.6 is 11.6 Å². The van der Waals surface area contributed by atoms with E-state index in [9.17, 15) is 24.5 Å². The number of hydrogen-bond acceptors (Lipinski definition) is 6. The first kappa shape index (κ1) is 21.1. The quantitative estimate of drug-likeness (QED) is 0.549. The second-order valence-corrected chi connectivity index (χ2v) is 6.91. The fourth-order valence-electron chi connectivity index (χ4n) is 3.01. The summed E-state index contributed by atoms with van der Waals surface area (Å²) < 4.78 is 5.16. The number of carbonyl (C=O) groups is 3. The van der Waals surface area contributed by atoms with Gasteiger partial charge < -0.3 is 9.64 Å². The highest BCUT2D eigenvalue weighted by atomic mass is 35.5. The van der Waals surface area contributed by atoms with Crippen LogP contribution in [0.1, 0.15) is 16.8 Å². The number of ether oxygens (including phenoxy) is 1. The molecule has 1 aliphatic rings. The van der Waals surface area contributed by atoms with E-state index in [0.717, 1.165) is 0 Å². The van der Waals surface area contributed by atoms with Crippen molar-refractivity contribution in [2.45, 2.75) is 6.42 Å². The molecular weight excluding hydrogens is 416 g/mol. The molecule has 2 N–H and O–H groups in total. The number of carbonyl (C=O) groups excluding carboxylic acids is 3. The van der Waals surface area contributed by atoms with Crippen LogP contribution in [0.3, 0.4) is 0 Å². The minimum atomic E-state index is -0.720. The molecule has 2 aromatic carbocycles. The van der Waals surface area contributed by atoms with Crippen molar-refractivity contribution in [2.24, 2.45) is 5.92 Å².